The molecule has 0 aliphatic rings. The fourth-order valence-corrected chi connectivity index (χ4v) is 1.00. The third-order valence-electron chi connectivity index (χ3n) is 1.82. The maximum absolute atomic E-state index is 10.6. The van der Waals surface area contributed by atoms with Crippen LogP contribution < -0.4 is 10.9 Å². The van der Waals surface area contributed by atoms with Crippen molar-refractivity contribution in [3.05, 3.63) is 24.4 Å². The van der Waals surface area contributed by atoms with Crippen LogP contribution in [0, 0.1) is 0 Å². The van der Waals surface area contributed by atoms with Gasteiger partial charge in [-0.25, -0.2) is 15.2 Å². The van der Waals surface area contributed by atoms with Crippen LogP contribution >= 0.6 is 0 Å². The summed E-state index contributed by atoms with van der Waals surface area (Å²) in [7, 11) is 0. The van der Waals surface area contributed by atoms with Gasteiger partial charge in [0.05, 0.1) is 6.04 Å². The maximum atomic E-state index is 10.6. The highest BCUT2D eigenvalue weighted by Gasteiger charge is 2.18. The minimum Gasteiger partial charge on any atom is -0.477 e. The van der Waals surface area contributed by atoms with Crippen molar-refractivity contribution in [1.29, 1.82) is 0 Å². The van der Waals surface area contributed by atoms with E-state index in [2.05, 4.69) is 21.0 Å². The van der Waals surface area contributed by atoms with E-state index in [-0.39, 0.29) is 5.71 Å². The molecular formula is C9H12N4O3. The number of nitrogens with one attached hydrogen (secondary N) is 2. The molecule has 1 rings (SSSR count). The van der Waals surface area contributed by atoms with Crippen LogP contribution in [0.25, 0.3) is 0 Å². The Hall–Kier alpha value is -2.15. The first-order valence-electron chi connectivity index (χ1n) is 4.53. The number of aromatic nitrogens is 1. The quantitative estimate of drug-likeness (QED) is 0.325. The molecule has 86 valence electrons. The smallest absolute Gasteiger partial charge is 0.355 e. The summed E-state index contributed by atoms with van der Waals surface area (Å²) < 4.78 is 0. The minimum atomic E-state index is -1.29. The summed E-state index contributed by atoms with van der Waals surface area (Å²) in [5.74, 6) is -0.748. The lowest BCUT2D eigenvalue weighted by Crippen LogP contribution is -2.41. The topological polar surface area (TPSA) is 107 Å². The number of hydrogen-bond acceptors (Lipinski definition) is 6. The van der Waals surface area contributed by atoms with Gasteiger partial charge in [0.1, 0.15) is 5.82 Å². The van der Waals surface area contributed by atoms with Gasteiger partial charge in [-0.1, -0.05) is 11.2 Å². The van der Waals surface area contributed by atoms with Crippen LogP contribution in [0.3, 0.4) is 0 Å². The number of oxime groups is 1. The summed E-state index contributed by atoms with van der Waals surface area (Å²) in [5, 5.41) is 19.8. The molecular weight excluding hydrogens is 212 g/mol. The Balaban J connectivity index is 2.53. The molecule has 0 aliphatic carbocycles. The summed E-state index contributed by atoms with van der Waals surface area (Å²) >= 11 is 0. The zero-order chi connectivity index (χ0) is 12.0. The highest BCUT2D eigenvalue weighted by molar-refractivity contribution is 6.37. The van der Waals surface area contributed by atoms with Crippen LogP contribution in [-0.2, 0) is 4.79 Å². The third kappa shape index (κ3) is 3.21. The number of hydrazine groups is 1. The van der Waals surface area contributed by atoms with E-state index in [9.17, 15) is 4.79 Å². The number of anilines is 1. The second-order valence-electron chi connectivity index (χ2n) is 3.00. The van der Waals surface area contributed by atoms with E-state index in [0.717, 1.165) is 0 Å². The molecule has 7 heteroatoms. The van der Waals surface area contributed by atoms with Gasteiger partial charge in [0, 0.05) is 6.20 Å². The zero-order valence-corrected chi connectivity index (χ0v) is 8.58. The average molecular weight is 224 g/mol. The largest absolute Gasteiger partial charge is 0.477 e. The van der Waals surface area contributed by atoms with Gasteiger partial charge in [-0.3, -0.25) is 0 Å². The molecule has 1 atom stereocenters. The molecule has 1 unspecified atom stereocenters. The molecule has 16 heavy (non-hydrogen) atoms. The standard InChI is InChI=1S/C9H12N4O3/c1-6(8(13-16)9(14)15)11-12-7-4-2-3-5-10-7/h2-6,11,16H,1H3,(H,10,12)(H,14,15). The fourth-order valence-electron chi connectivity index (χ4n) is 1.00. The van der Waals surface area contributed by atoms with Gasteiger partial charge in [-0.15, -0.1) is 0 Å². The van der Waals surface area contributed by atoms with E-state index in [0.29, 0.717) is 5.82 Å². The molecule has 1 aromatic heterocycles. The summed E-state index contributed by atoms with van der Waals surface area (Å²) in [6.45, 7) is 1.54. The monoisotopic (exact) mass is 224 g/mol. The number of carboxylic acid groups (broad SMARTS) is 1. The van der Waals surface area contributed by atoms with Crippen molar-refractivity contribution in [2.75, 3.05) is 5.43 Å². The Bertz CT molecular complexity index is 380. The number of carbonyl (C=O) groups is 1. The number of aliphatic carboxylic acids is 1. The second-order valence-corrected chi connectivity index (χ2v) is 3.00. The first-order chi connectivity index (χ1) is 7.65. The first-order valence-corrected chi connectivity index (χ1v) is 4.53. The minimum absolute atomic E-state index is 0.386. The highest BCUT2D eigenvalue weighted by Crippen LogP contribution is 1.98. The van der Waals surface area contributed by atoms with Crippen molar-refractivity contribution in [3.8, 4) is 0 Å². The molecule has 0 saturated heterocycles. The zero-order valence-electron chi connectivity index (χ0n) is 8.58. The summed E-state index contributed by atoms with van der Waals surface area (Å²) in [4.78, 5) is 14.6. The van der Waals surface area contributed by atoms with E-state index in [1.165, 1.54) is 0 Å². The van der Waals surface area contributed by atoms with Crippen LogP contribution in [0.1, 0.15) is 6.92 Å². The number of pyridine rings is 1. The Morgan fingerprint density at radius 1 is 1.56 bits per heavy atom. The Morgan fingerprint density at radius 2 is 2.31 bits per heavy atom. The lowest BCUT2D eigenvalue weighted by Gasteiger charge is -2.13. The third-order valence-corrected chi connectivity index (χ3v) is 1.82. The molecule has 4 N–H and O–H groups in total. The Kier molecular flexibility index (Phi) is 4.22. The van der Waals surface area contributed by atoms with E-state index < -0.39 is 12.0 Å². The van der Waals surface area contributed by atoms with Gasteiger partial charge in [0.2, 0.25) is 0 Å². The van der Waals surface area contributed by atoms with E-state index in [1.807, 2.05) is 0 Å². The number of carboxylic acids is 1. The molecule has 0 radical (unpaired) electrons. The van der Waals surface area contributed by atoms with Gasteiger partial charge < -0.3 is 15.7 Å². The lowest BCUT2D eigenvalue weighted by atomic mass is 10.2. The molecule has 0 saturated carbocycles. The molecule has 1 heterocycles. The van der Waals surface area contributed by atoms with Crippen LogP contribution in [-0.4, -0.2) is 33.0 Å². The van der Waals surface area contributed by atoms with Crippen molar-refractivity contribution in [2.45, 2.75) is 13.0 Å². The summed E-state index contributed by atoms with van der Waals surface area (Å²) in [6.07, 6.45) is 1.59. The predicted molar refractivity (Wildman–Crippen MR) is 57.3 cm³/mol. The predicted octanol–water partition coefficient (Wildman–Crippen LogP) is 0.301. The van der Waals surface area contributed by atoms with Crippen molar-refractivity contribution >= 4 is 17.5 Å². The molecule has 0 amide bonds. The van der Waals surface area contributed by atoms with Crippen molar-refractivity contribution in [1.82, 2.24) is 10.4 Å². The molecule has 0 bridgehead atoms. The normalized spacial score (nSPS) is 13.2. The van der Waals surface area contributed by atoms with Gasteiger partial charge in [0.15, 0.2) is 5.71 Å². The Labute approximate surface area is 91.8 Å². The summed E-state index contributed by atoms with van der Waals surface area (Å²) in [6, 6.07) is 4.58. The van der Waals surface area contributed by atoms with Crippen LogP contribution in [0.2, 0.25) is 0 Å². The number of rotatable bonds is 5. The first kappa shape index (κ1) is 11.9. The number of nitrogens with zero attached hydrogens (tertiary/aromatic N) is 2. The number of hydrogen-bond donors (Lipinski definition) is 4. The lowest BCUT2D eigenvalue weighted by molar-refractivity contribution is -0.129. The molecule has 7 nitrogen and oxygen atoms in total. The van der Waals surface area contributed by atoms with E-state index in [4.69, 9.17) is 10.3 Å². The molecule has 0 spiro atoms. The van der Waals surface area contributed by atoms with Crippen molar-refractivity contribution < 1.29 is 15.1 Å². The van der Waals surface area contributed by atoms with E-state index >= 15 is 0 Å². The molecule has 0 fully saturated rings. The van der Waals surface area contributed by atoms with Crippen LogP contribution in [0.15, 0.2) is 29.6 Å². The summed E-state index contributed by atoms with van der Waals surface area (Å²) in [5.41, 5.74) is 4.96. The fraction of sp³-hybridized carbons (Fsp3) is 0.222. The van der Waals surface area contributed by atoms with Gasteiger partial charge >= 0.3 is 5.97 Å². The van der Waals surface area contributed by atoms with Gasteiger partial charge in [0.25, 0.3) is 0 Å². The molecule has 1 aromatic rings. The van der Waals surface area contributed by atoms with Gasteiger partial charge in [-0.2, -0.15) is 0 Å². The maximum Gasteiger partial charge on any atom is 0.355 e. The highest BCUT2D eigenvalue weighted by atomic mass is 16.4. The molecule has 0 aliphatic heterocycles. The second kappa shape index (κ2) is 5.66. The van der Waals surface area contributed by atoms with Crippen LogP contribution in [0.4, 0.5) is 5.82 Å². The molecule has 0 aromatic carbocycles. The van der Waals surface area contributed by atoms with E-state index in [1.54, 1.807) is 31.3 Å². The van der Waals surface area contributed by atoms with Crippen molar-refractivity contribution in [3.63, 3.8) is 0 Å². The SMILES string of the molecule is CC(NNc1ccccn1)C(=NO)C(=O)O. The van der Waals surface area contributed by atoms with Crippen LogP contribution in [0.5, 0.6) is 0 Å². The Morgan fingerprint density at radius 3 is 2.81 bits per heavy atom. The van der Waals surface area contributed by atoms with Crippen molar-refractivity contribution in [2.24, 2.45) is 5.16 Å². The van der Waals surface area contributed by atoms with Gasteiger partial charge in [-0.05, 0) is 19.1 Å². The average Bonchev–Trinajstić information content (AvgIpc) is 2.28.